The van der Waals surface area contributed by atoms with E-state index in [0.717, 1.165) is 18.2 Å². The van der Waals surface area contributed by atoms with Gasteiger partial charge in [0.15, 0.2) is 0 Å². The highest BCUT2D eigenvalue weighted by Crippen LogP contribution is 2.24. The smallest absolute Gasteiger partial charge is 0.406 e. The normalized spacial score (nSPS) is 10.1. The number of carbonyl (C=O) groups is 1. The van der Waals surface area contributed by atoms with Crippen LogP contribution in [-0.4, -0.2) is 21.0 Å². The summed E-state index contributed by atoms with van der Waals surface area (Å²) in [6.45, 7) is -0.348. The minimum atomic E-state index is -1.20. The van der Waals surface area contributed by atoms with Gasteiger partial charge in [0, 0.05) is 5.56 Å². The molecule has 7 nitrogen and oxygen atoms in total. The lowest BCUT2D eigenvalue weighted by Gasteiger charge is -2.07. The molecule has 0 amide bonds. The first-order valence-electron chi connectivity index (χ1n) is 5.73. The maximum Gasteiger partial charge on any atom is 0.406 e. The van der Waals surface area contributed by atoms with E-state index in [9.17, 15) is 19.3 Å². The number of carboxylic acid groups (broad SMARTS) is 1. The zero-order chi connectivity index (χ0) is 15.4. The molecule has 0 saturated carbocycles. The molecule has 0 unspecified atom stereocenters. The summed E-state index contributed by atoms with van der Waals surface area (Å²) in [5, 5.41) is 19.6. The zero-order valence-corrected chi connectivity index (χ0v) is 10.5. The van der Waals surface area contributed by atoms with Gasteiger partial charge in [-0.05, 0) is 40.2 Å². The van der Waals surface area contributed by atoms with E-state index in [2.05, 4.69) is 4.98 Å². The third-order valence-electron chi connectivity index (χ3n) is 2.60. The minimum Gasteiger partial charge on any atom is -0.481 e. The number of pyridine rings is 1. The van der Waals surface area contributed by atoms with Crippen molar-refractivity contribution in [2.75, 3.05) is 0 Å². The Morgan fingerprint density at radius 1 is 1.43 bits per heavy atom. The van der Waals surface area contributed by atoms with Gasteiger partial charge in [-0.2, -0.15) is 0 Å². The lowest BCUT2D eigenvalue weighted by Crippen LogP contribution is -2.04. The first-order chi connectivity index (χ1) is 9.99. The second kappa shape index (κ2) is 5.95. The molecule has 2 rings (SSSR count). The average Bonchev–Trinajstić information content (AvgIpc) is 2.46. The Morgan fingerprint density at radius 3 is 2.86 bits per heavy atom. The molecule has 1 aromatic heterocycles. The first-order valence-corrected chi connectivity index (χ1v) is 5.73. The molecule has 0 atom stereocenters. The second-order valence-electron chi connectivity index (χ2n) is 3.98. The van der Waals surface area contributed by atoms with E-state index in [4.69, 9.17) is 9.84 Å². The Hall–Kier alpha value is -3.03. The van der Waals surface area contributed by atoms with Gasteiger partial charge >= 0.3 is 11.8 Å². The van der Waals surface area contributed by atoms with Crippen molar-refractivity contribution in [3.05, 3.63) is 63.6 Å². The molecule has 0 aliphatic heterocycles. The second-order valence-corrected chi connectivity index (χ2v) is 3.98. The topological polar surface area (TPSA) is 103 Å². The summed E-state index contributed by atoms with van der Waals surface area (Å²) >= 11 is 0. The number of carboxylic acids is 1. The summed E-state index contributed by atoms with van der Waals surface area (Å²) < 4.78 is 18.7. The number of aromatic nitrogens is 1. The number of halogens is 1. The highest BCUT2D eigenvalue weighted by atomic mass is 19.1. The van der Waals surface area contributed by atoms with Gasteiger partial charge in [0.05, 0.1) is 5.56 Å². The molecule has 1 heterocycles. The van der Waals surface area contributed by atoms with Crippen LogP contribution >= 0.6 is 0 Å². The fraction of sp³-hybridized carbons (Fsp3) is 0.0769. The Balaban J connectivity index is 2.22. The van der Waals surface area contributed by atoms with Crippen molar-refractivity contribution in [1.29, 1.82) is 0 Å². The van der Waals surface area contributed by atoms with Crippen molar-refractivity contribution in [1.82, 2.24) is 4.98 Å². The number of ether oxygens (including phenoxy) is 1. The van der Waals surface area contributed by atoms with E-state index in [0.29, 0.717) is 0 Å². The SMILES string of the molecule is O=C(O)c1ccc(F)c(COc2cccnc2[N+](=O)[O-])c1. The van der Waals surface area contributed by atoms with Crippen LogP contribution < -0.4 is 4.74 Å². The fourth-order valence-corrected chi connectivity index (χ4v) is 1.61. The summed E-state index contributed by atoms with van der Waals surface area (Å²) in [5.41, 5.74) is -0.122. The maximum absolute atomic E-state index is 13.6. The molecule has 2 aromatic rings. The predicted octanol–water partition coefficient (Wildman–Crippen LogP) is 2.41. The van der Waals surface area contributed by atoms with Gasteiger partial charge in [-0.15, -0.1) is 0 Å². The van der Waals surface area contributed by atoms with E-state index in [1.165, 1.54) is 18.3 Å². The molecule has 0 fully saturated rings. The Morgan fingerprint density at radius 2 is 2.19 bits per heavy atom. The predicted molar refractivity (Wildman–Crippen MR) is 68.6 cm³/mol. The molecule has 0 saturated heterocycles. The molecular formula is C13H9FN2O5. The number of benzene rings is 1. The Labute approximate surface area is 117 Å². The molecule has 0 radical (unpaired) electrons. The quantitative estimate of drug-likeness (QED) is 0.670. The van der Waals surface area contributed by atoms with Crippen molar-refractivity contribution in [2.45, 2.75) is 6.61 Å². The molecule has 108 valence electrons. The van der Waals surface area contributed by atoms with Crippen LogP contribution in [0.3, 0.4) is 0 Å². The summed E-state index contributed by atoms with van der Waals surface area (Å²) in [7, 11) is 0. The number of rotatable bonds is 5. The number of nitro groups is 1. The monoisotopic (exact) mass is 292 g/mol. The average molecular weight is 292 g/mol. The largest absolute Gasteiger partial charge is 0.481 e. The van der Waals surface area contributed by atoms with E-state index >= 15 is 0 Å². The highest BCUT2D eigenvalue weighted by molar-refractivity contribution is 5.87. The molecule has 0 aliphatic rings. The molecule has 1 aromatic carbocycles. The minimum absolute atomic E-state index is 0.0203. The van der Waals surface area contributed by atoms with Crippen molar-refractivity contribution in [3.63, 3.8) is 0 Å². The first kappa shape index (κ1) is 14.4. The lowest BCUT2D eigenvalue weighted by molar-refractivity contribution is -0.390. The number of hydrogen-bond acceptors (Lipinski definition) is 5. The van der Waals surface area contributed by atoms with Crippen molar-refractivity contribution >= 4 is 11.8 Å². The van der Waals surface area contributed by atoms with E-state index in [-0.39, 0.29) is 23.5 Å². The van der Waals surface area contributed by atoms with Crippen LogP contribution in [0.25, 0.3) is 0 Å². The number of aromatic carboxylic acids is 1. The van der Waals surface area contributed by atoms with E-state index in [1.807, 2.05) is 0 Å². The molecular weight excluding hydrogens is 283 g/mol. The molecule has 0 spiro atoms. The fourth-order valence-electron chi connectivity index (χ4n) is 1.61. The summed E-state index contributed by atoms with van der Waals surface area (Å²) in [6.07, 6.45) is 1.23. The van der Waals surface area contributed by atoms with Crippen LogP contribution in [0, 0.1) is 15.9 Å². The van der Waals surface area contributed by atoms with Crippen LogP contribution in [-0.2, 0) is 6.61 Å². The summed E-state index contributed by atoms with van der Waals surface area (Å²) in [5.74, 6) is -2.48. The number of hydrogen-bond donors (Lipinski definition) is 1. The molecule has 8 heteroatoms. The van der Waals surface area contributed by atoms with Gasteiger partial charge in [0.25, 0.3) is 0 Å². The Bertz CT molecular complexity index is 705. The van der Waals surface area contributed by atoms with Crippen LogP contribution in [0.15, 0.2) is 36.5 Å². The van der Waals surface area contributed by atoms with Gasteiger partial charge in [0.2, 0.25) is 5.75 Å². The van der Waals surface area contributed by atoms with Crippen LogP contribution in [0.5, 0.6) is 5.75 Å². The van der Waals surface area contributed by atoms with Gasteiger partial charge in [0.1, 0.15) is 18.6 Å². The third-order valence-corrected chi connectivity index (χ3v) is 2.60. The molecule has 0 aliphatic carbocycles. The van der Waals surface area contributed by atoms with Crippen LogP contribution in [0.4, 0.5) is 10.2 Å². The van der Waals surface area contributed by atoms with Gasteiger partial charge < -0.3 is 20.0 Å². The standard InChI is InChI=1S/C13H9FN2O5/c14-10-4-3-8(13(17)18)6-9(10)7-21-11-2-1-5-15-12(11)16(19)20/h1-6H,7H2,(H,17,18). The van der Waals surface area contributed by atoms with Crippen molar-refractivity contribution in [2.24, 2.45) is 0 Å². The molecule has 1 N–H and O–H groups in total. The van der Waals surface area contributed by atoms with Crippen LogP contribution in [0.2, 0.25) is 0 Å². The summed E-state index contributed by atoms with van der Waals surface area (Å²) in [6, 6.07) is 5.99. The van der Waals surface area contributed by atoms with Crippen molar-refractivity contribution in [3.8, 4) is 5.75 Å². The Kier molecular flexibility index (Phi) is 4.07. The molecule has 0 bridgehead atoms. The summed E-state index contributed by atoms with van der Waals surface area (Å²) in [4.78, 5) is 24.4. The molecule has 21 heavy (non-hydrogen) atoms. The van der Waals surface area contributed by atoms with Crippen LogP contribution in [0.1, 0.15) is 15.9 Å². The highest BCUT2D eigenvalue weighted by Gasteiger charge is 2.16. The maximum atomic E-state index is 13.6. The lowest BCUT2D eigenvalue weighted by atomic mass is 10.1. The van der Waals surface area contributed by atoms with Gasteiger partial charge in [-0.1, -0.05) is 0 Å². The van der Waals surface area contributed by atoms with E-state index in [1.54, 1.807) is 0 Å². The van der Waals surface area contributed by atoms with E-state index < -0.39 is 22.5 Å². The zero-order valence-electron chi connectivity index (χ0n) is 10.5. The number of nitrogens with zero attached hydrogens (tertiary/aromatic N) is 2. The third kappa shape index (κ3) is 3.30. The van der Waals surface area contributed by atoms with Gasteiger partial charge in [-0.25, -0.2) is 9.18 Å². The van der Waals surface area contributed by atoms with Crippen molar-refractivity contribution < 1.29 is 24.0 Å². The van der Waals surface area contributed by atoms with Gasteiger partial charge in [-0.3, -0.25) is 0 Å².